The van der Waals surface area contributed by atoms with Gasteiger partial charge in [0.05, 0.1) is 14.2 Å². The van der Waals surface area contributed by atoms with E-state index in [1.54, 1.807) is 0 Å². The second kappa shape index (κ2) is 5.26. The van der Waals surface area contributed by atoms with Crippen molar-refractivity contribution in [3.8, 4) is 5.75 Å². The van der Waals surface area contributed by atoms with Crippen LogP contribution in [0.1, 0.15) is 32.1 Å². The molecule has 0 radical (unpaired) electrons. The molecule has 0 bridgehead atoms. The van der Waals surface area contributed by atoms with Gasteiger partial charge in [-0.1, -0.05) is 44.3 Å². The Bertz CT molecular complexity index is 361. The van der Waals surface area contributed by atoms with Crippen molar-refractivity contribution in [3.05, 3.63) is 24.3 Å². The quantitative estimate of drug-likeness (QED) is 0.736. The van der Waals surface area contributed by atoms with Gasteiger partial charge in [-0.25, -0.2) is 0 Å². The highest BCUT2D eigenvalue weighted by atomic mass is 28.3. The first kappa shape index (κ1) is 12.7. The highest BCUT2D eigenvalue weighted by molar-refractivity contribution is 6.89. The summed E-state index contributed by atoms with van der Waals surface area (Å²) >= 11 is 0. The van der Waals surface area contributed by atoms with Crippen molar-refractivity contribution in [2.75, 3.05) is 0 Å². The van der Waals surface area contributed by atoms with E-state index in [0.717, 1.165) is 5.75 Å². The fraction of sp³-hybridized carbons (Fsp3) is 0.600. The number of para-hydroxylation sites is 1. The van der Waals surface area contributed by atoms with E-state index in [1.807, 2.05) is 0 Å². The van der Waals surface area contributed by atoms with Crippen LogP contribution in [0.2, 0.25) is 19.6 Å². The van der Waals surface area contributed by atoms with Crippen molar-refractivity contribution in [2.24, 2.45) is 0 Å². The van der Waals surface area contributed by atoms with E-state index in [1.165, 1.54) is 37.3 Å². The van der Waals surface area contributed by atoms with Gasteiger partial charge in [0.1, 0.15) is 5.75 Å². The Balaban J connectivity index is 2.14. The maximum absolute atomic E-state index is 6.25. The molecular formula is C15H24OSi. The summed E-state index contributed by atoms with van der Waals surface area (Å²) in [6.07, 6.45) is 6.98. The number of hydrogen-bond donors (Lipinski definition) is 0. The molecule has 0 saturated heterocycles. The van der Waals surface area contributed by atoms with E-state index in [2.05, 4.69) is 43.9 Å². The summed E-state index contributed by atoms with van der Waals surface area (Å²) in [6, 6.07) is 8.65. The predicted molar refractivity (Wildman–Crippen MR) is 76.9 cm³/mol. The van der Waals surface area contributed by atoms with Crippen molar-refractivity contribution in [3.63, 3.8) is 0 Å². The maximum Gasteiger partial charge on any atom is 0.118 e. The second-order valence-corrected chi connectivity index (χ2v) is 11.2. The molecule has 0 aromatic heterocycles. The third-order valence-electron chi connectivity index (χ3n) is 3.54. The minimum Gasteiger partial charge on any atom is -0.491 e. The Kier molecular flexibility index (Phi) is 3.92. The normalized spacial score (nSPS) is 18.1. The van der Waals surface area contributed by atoms with Gasteiger partial charge in [0.25, 0.3) is 0 Å². The van der Waals surface area contributed by atoms with Gasteiger partial charge in [-0.3, -0.25) is 0 Å². The first-order valence-corrected chi connectivity index (χ1v) is 10.3. The summed E-state index contributed by atoms with van der Waals surface area (Å²) in [5.74, 6) is 1.15. The molecule has 1 aromatic carbocycles. The summed E-state index contributed by atoms with van der Waals surface area (Å²) in [7, 11) is -1.29. The van der Waals surface area contributed by atoms with Crippen LogP contribution in [0.3, 0.4) is 0 Å². The van der Waals surface area contributed by atoms with Gasteiger partial charge in [-0.05, 0) is 36.9 Å². The molecule has 0 N–H and O–H groups in total. The van der Waals surface area contributed by atoms with Crippen LogP contribution in [0, 0.1) is 0 Å². The fourth-order valence-electron chi connectivity index (χ4n) is 2.55. The van der Waals surface area contributed by atoms with E-state index in [0.29, 0.717) is 6.10 Å². The lowest BCUT2D eigenvalue weighted by molar-refractivity contribution is 0.156. The average molecular weight is 248 g/mol. The molecule has 0 aliphatic heterocycles. The Hall–Kier alpha value is -0.763. The summed E-state index contributed by atoms with van der Waals surface area (Å²) in [5, 5.41) is 1.46. The van der Waals surface area contributed by atoms with E-state index >= 15 is 0 Å². The van der Waals surface area contributed by atoms with Crippen LogP contribution in [-0.2, 0) is 0 Å². The molecule has 0 amide bonds. The third-order valence-corrected chi connectivity index (χ3v) is 5.57. The van der Waals surface area contributed by atoms with Gasteiger partial charge in [0.2, 0.25) is 0 Å². The lowest BCUT2D eigenvalue weighted by Gasteiger charge is -2.27. The molecule has 1 aliphatic carbocycles. The fourth-order valence-corrected chi connectivity index (χ4v) is 4.03. The van der Waals surface area contributed by atoms with Crippen molar-refractivity contribution < 1.29 is 4.74 Å². The molecule has 1 saturated carbocycles. The Labute approximate surface area is 106 Å². The third kappa shape index (κ3) is 3.35. The van der Waals surface area contributed by atoms with Gasteiger partial charge in [0, 0.05) is 0 Å². The topological polar surface area (TPSA) is 9.23 Å². The van der Waals surface area contributed by atoms with Gasteiger partial charge in [-0.15, -0.1) is 0 Å². The molecule has 1 nitrogen and oxygen atoms in total. The average Bonchev–Trinajstić information content (AvgIpc) is 2.30. The predicted octanol–water partition coefficient (Wildman–Crippen LogP) is 3.94. The van der Waals surface area contributed by atoms with Crippen molar-refractivity contribution in [1.29, 1.82) is 0 Å². The van der Waals surface area contributed by atoms with Crippen LogP contribution in [0.25, 0.3) is 0 Å². The number of rotatable bonds is 3. The minimum absolute atomic E-state index is 0.459. The zero-order valence-electron chi connectivity index (χ0n) is 11.3. The number of ether oxygens (including phenoxy) is 1. The molecule has 0 spiro atoms. The van der Waals surface area contributed by atoms with E-state index in [4.69, 9.17) is 4.74 Å². The molecule has 0 atom stereocenters. The summed E-state index contributed by atoms with van der Waals surface area (Å²) in [4.78, 5) is 0. The maximum atomic E-state index is 6.25. The molecule has 1 aromatic rings. The zero-order valence-corrected chi connectivity index (χ0v) is 12.3. The molecule has 0 unspecified atom stereocenters. The monoisotopic (exact) mass is 248 g/mol. The largest absolute Gasteiger partial charge is 0.491 e. The van der Waals surface area contributed by atoms with Crippen LogP contribution in [0.15, 0.2) is 24.3 Å². The summed E-state index contributed by atoms with van der Waals surface area (Å²) in [5.41, 5.74) is 0. The lowest BCUT2D eigenvalue weighted by atomic mass is 9.98. The second-order valence-electron chi connectivity index (χ2n) is 6.12. The van der Waals surface area contributed by atoms with Gasteiger partial charge >= 0.3 is 0 Å². The summed E-state index contributed by atoms with van der Waals surface area (Å²) < 4.78 is 6.25. The van der Waals surface area contributed by atoms with Crippen LogP contribution < -0.4 is 9.92 Å². The van der Waals surface area contributed by atoms with Crippen LogP contribution in [0.5, 0.6) is 5.75 Å². The molecule has 1 fully saturated rings. The summed E-state index contributed by atoms with van der Waals surface area (Å²) in [6.45, 7) is 7.15. The Morgan fingerprint density at radius 3 is 2.29 bits per heavy atom. The van der Waals surface area contributed by atoms with Crippen LogP contribution >= 0.6 is 0 Å². The van der Waals surface area contributed by atoms with Crippen molar-refractivity contribution >= 4 is 13.3 Å². The molecule has 2 heteroatoms. The SMILES string of the molecule is C[Si](C)(C)c1ccccc1OC1CCCCC1. The zero-order chi connectivity index (χ0) is 12.3. The number of hydrogen-bond acceptors (Lipinski definition) is 1. The van der Waals surface area contributed by atoms with E-state index < -0.39 is 8.07 Å². The molecule has 0 heterocycles. The lowest BCUT2D eigenvalue weighted by Crippen LogP contribution is -2.39. The highest BCUT2D eigenvalue weighted by Crippen LogP contribution is 2.23. The van der Waals surface area contributed by atoms with Crippen LogP contribution in [0.4, 0.5) is 0 Å². The molecule has 2 rings (SSSR count). The van der Waals surface area contributed by atoms with Crippen LogP contribution in [-0.4, -0.2) is 14.2 Å². The van der Waals surface area contributed by atoms with E-state index in [-0.39, 0.29) is 0 Å². The first-order chi connectivity index (χ1) is 8.07. The van der Waals surface area contributed by atoms with Crippen molar-refractivity contribution in [2.45, 2.75) is 57.8 Å². The molecule has 1 aliphatic rings. The Morgan fingerprint density at radius 2 is 1.65 bits per heavy atom. The Morgan fingerprint density at radius 1 is 1.00 bits per heavy atom. The smallest absolute Gasteiger partial charge is 0.118 e. The standard InChI is InChI=1S/C15H24OSi/c1-17(2,3)15-12-8-7-11-14(15)16-13-9-5-4-6-10-13/h7-8,11-13H,4-6,9-10H2,1-3H3. The van der Waals surface area contributed by atoms with Gasteiger partial charge in [0.15, 0.2) is 0 Å². The first-order valence-electron chi connectivity index (χ1n) is 6.83. The van der Waals surface area contributed by atoms with Gasteiger partial charge in [-0.2, -0.15) is 0 Å². The number of benzene rings is 1. The molecule has 94 valence electrons. The van der Waals surface area contributed by atoms with Gasteiger partial charge < -0.3 is 4.74 Å². The molecular weight excluding hydrogens is 224 g/mol. The van der Waals surface area contributed by atoms with Crippen molar-refractivity contribution in [1.82, 2.24) is 0 Å². The highest BCUT2D eigenvalue weighted by Gasteiger charge is 2.23. The molecule has 17 heavy (non-hydrogen) atoms. The minimum atomic E-state index is -1.29. The van der Waals surface area contributed by atoms with E-state index in [9.17, 15) is 0 Å².